The molecule has 34 heavy (non-hydrogen) atoms. The number of halogens is 1. The molecule has 2 aliphatic heterocycles. The highest BCUT2D eigenvalue weighted by Crippen LogP contribution is 2.36. The third kappa shape index (κ3) is 5.20. The van der Waals surface area contributed by atoms with Crippen LogP contribution < -0.4 is 15.5 Å². The van der Waals surface area contributed by atoms with E-state index in [9.17, 15) is 14.0 Å². The summed E-state index contributed by atoms with van der Waals surface area (Å²) in [5.74, 6) is -0.722. The molecule has 0 radical (unpaired) electrons. The Bertz CT molecular complexity index is 1030. The highest BCUT2D eigenvalue weighted by Gasteiger charge is 2.31. The van der Waals surface area contributed by atoms with Crippen LogP contribution in [0.15, 0.2) is 36.5 Å². The second-order valence-electron chi connectivity index (χ2n) is 8.73. The van der Waals surface area contributed by atoms with Crippen molar-refractivity contribution in [2.45, 2.75) is 39.2 Å². The smallest absolute Gasteiger partial charge is 0.327 e. The highest BCUT2D eigenvalue weighted by atomic mass is 19.1. The second kappa shape index (κ2) is 10.9. The van der Waals surface area contributed by atoms with Crippen LogP contribution in [0.4, 0.5) is 26.4 Å². The van der Waals surface area contributed by atoms with Crippen molar-refractivity contribution in [1.29, 1.82) is 0 Å². The number of amides is 3. The van der Waals surface area contributed by atoms with E-state index in [1.165, 1.54) is 36.3 Å². The molecule has 2 aliphatic rings. The largest absolute Gasteiger partial charge is 0.336 e. The Morgan fingerprint density at radius 3 is 2.88 bits per heavy atom. The fraction of sp³-hybridized carbons (Fsp3) is 0.480. The molecule has 1 atom stereocenters. The van der Waals surface area contributed by atoms with Crippen LogP contribution in [-0.2, 0) is 0 Å². The Labute approximate surface area is 200 Å². The van der Waals surface area contributed by atoms with Crippen LogP contribution in [0, 0.1) is 5.82 Å². The molecule has 0 bridgehead atoms. The number of fused-ring (bicyclic) bond motifs is 2. The molecule has 2 aromatic rings. The Balaban J connectivity index is 1.49. The zero-order valence-corrected chi connectivity index (χ0v) is 19.9. The predicted molar refractivity (Wildman–Crippen MR) is 131 cm³/mol. The summed E-state index contributed by atoms with van der Waals surface area (Å²) in [6, 6.07) is 7.26. The normalized spacial score (nSPS) is 18.2. The van der Waals surface area contributed by atoms with E-state index < -0.39 is 17.8 Å². The number of carbonyl (C=O) groups excluding carboxylic acids is 2. The van der Waals surface area contributed by atoms with Gasteiger partial charge in [-0.2, -0.15) is 0 Å². The van der Waals surface area contributed by atoms with E-state index in [1.54, 1.807) is 18.3 Å². The summed E-state index contributed by atoms with van der Waals surface area (Å²) in [5, 5.41) is 5.73. The van der Waals surface area contributed by atoms with Crippen LogP contribution in [-0.4, -0.2) is 72.0 Å². The third-order valence-electron chi connectivity index (χ3n) is 6.68. The first-order chi connectivity index (χ1) is 16.5. The monoisotopic (exact) mass is 468 g/mol. The van der Waals surface area contributed by atoms with Gasteiger partial charge in [0, 0.05) is 31.9 Å². The van der Waals surface area contributed by atoms with E-state index >= 15 is 0 Å². The molecular weight excluding hydrogens is 435 g/mol. The fourth-order valence-electron chi connectivity index (χ4n) is 4.79. The third-order valence-corrected chi connectivity index (χ3v) is 6.68. The Morgan fingerprint density at radius 2 is 2.09 bits per heavy atom. The summed E-state index contributed by atoms with van der Waals surface area (Å²) in [6.45, 7) is 9.71. The van der Waals surface area contributed by atoms with Gasteiger partial charge in [-0.05, 0) is 62.8 Å². The number of anilines is 3. The molecule has 182 valence electrons. The summed E-state index contributed by atoms with van der Waals surface area (Å²) >= 11 is 0. The molecule has 1 aromatic heterocycles. The van der Waals surface area contributed by atoms with E-state index in [1.807, 2.05) is 0 Å². The zero-order valence-electron chi connectivity index (χ0n) is 19.9. The van der Waals surface area contributed by atoms with E-state index in [2.05, 4.69) is 39.3 Å². The van der Waals surface area contributed by atoms with Gasteiger partial charge in [-0.3, -0.25) is 9.69 Å². The first kappa shape index (κ1) is 24.1. The van der Waals surface area contributed by atoms with Gasteiger partial charge in [-0.15, -0.1) is 0 Å². The van der Waals surface area contributed by atoms with Crippen LogP contribution >= 0.6 is 0 Å². The van der Waals surface area contributed by atoms with E-state index in [0.717, 1.165) is 38.8 Å². The van der Waals surface area contributed by atoms with Crippen LogP contribution in [0.25, 0.3) is 0 Å². The Morgan fingerprint density at radius 1 is 1.26 bits per heavy atom. The molecule has 1 aromatic carbocycles. The summed E-state index contributed by atoms with van der Waals surface area (Å²) in [7, 11) is 0. The zero-order chi connectivity index (χ0) is 24.1. The van der Waals surface area contributed by atoms with Crippen molar-refractivity contribution in [3.8, 4) is 0 Å². The lowest BCUT2D eigenvalue weighted by Gasteiger charge is -2.38. The van der Waals surface area contributed by atoms with Gasteiger partial charge < -0.3 is 15.5 Å². The van der Waals surface area contributed by atoms with Gasteiger partial charge >= 0.3 is 6.03 Å². The van der Waals surface area contributed by atoms with Gasteiger partial charge in [0.05, 0.1) is 16.9 Å². The van der Waals surface area contributed by atoms with Crippen LogP contribution in [0.5, 0.6) is 0 Å². The summed E-state index contributed by atoms with van der Waals surface area (Å²) in [5.41, 5.74) is 0.782. The molecule has 8 nitrogen and oxygen atoms in total. The quantitative estimate of drug-likeness (QED) is 0.646. The number of benzene rings is 1. The number of pyridine rings is 1. The Hall–Kier alpha value is -3.04. The molecule has 1 fully saturated rings. The number of nitrogens with one attached hydrogen (secondary N) is 2. The minimum Gasteiger partial charge on any atom is -0.336 e. The molecular formula is C25H33FN6O2. The summed E-state index contributed by atoms with van der Waals surface area (Å²) in [6.07, 6.45) is 5.13. The van der Waals surface area contributed by atoms with Crippen LogP contribution in [0.2, 0.25) is 0 Å². The second-order valence-corrected chi connectivity index (χ2v) is 8.73. The predicted octanol–water partition coefficient (Wildman–Crippen LogP) is 3.83. The molecule has 0 spiro atoms. The number of carbonyl (C=O) groups is 2. The molecule has 2 N–H and O–H groups in total. The highest BCUT2D eigenvalue weighted by molar-refractivity contribution is 6.16. The molecule has 0 saturated carbocycles. The fourth-order valence-corrected chi connectivity index (χ4v) is 4.79. The topological polar surface area (TPSA) is 80.8 Å². The van der Waals surface area contributed by atoms with Crippen molar-refractivity contribution in [3.05, 3.63) is 47.9 Å². The average Bonchev–Trinajstić information content (AvgIpc) is 2.97. The molecule has 4 rings (SSSR count). The molecule has 1 unspecified atom stereocenters. The maximum Gasteiger partial charge on any atom is 0.327 e. The Kier molecular flexibility index (Phi) is 7.74. The van der Waals surface area contributed by atoms with Crippen molar-refractivity contribution in [2.24, 2.45) is 0 Å². The first-order valence-corrected chi connectivity index (χ1v) is 12.1. The molecule has 3 amide bonds. The molecule has 1 saturated heterocycles. The number of hydrogen-bond donors (Lipinski definition) is 2. The van der Waals surface area contributed by atoms with Gasteiger partial charge in [0.25, 0.3) is 5.91 Å². The molecule has 0 aliphatic carbocycles. The van der Waals surface area contributed by atoms with Gasteiger partial charge in [0.1, 0.15) is 5.82 Å². The number of nitrogens with zero attached hydrogens (tertiary/aromatic N) is 4. The average molecular weight is 469 g/mol. The standard InChI is InChI=1S/C25H33FN6O2/c1-3-30(4-2)17-19-8-5-6-14-31(19)15-13-28-25(34)32-22-11-10-18(26)16-20(22)24(33)29-21-9-7-12-27-23(21)32/h7,9-12,16,19H,3-6,8,13-15,17H2,1-2H3,(H,28,34)(H,29,33). The number of aromatic nitrogens is 1. The van der Waals surface area contributed by atoms with Gasteiger partial charge in [0.2, 0.25) is 0 Å². The van der Waals surface area contributed by atoms with Crippen molar-refractivity contribution >= 4 is 29.1 Å². The van der Waals surface area contributed by atoms with Gasteiger partial charge in [-0.25, -0.2) is 19.1 Å². The van der Waals surface area contributed by atoms with Crippen LogP contribution in [0.3, 0.4) is 0 Å². The SMILES string of the molecule is CCN(CC)CC1CCCCN1CCNC(=O)N1c2ccc(F)cc2C(=O)Nc2cccnc21. The van der Waals surface area contributed by atoms with E-state index in [0.29, 0.717) is 29.8 Å². The number of hydrogen-bond acceptors (Lipinski definition) is 5. The van der Waals surface area contributed by atoms with E-state index in [-0.39, 0.29) is 5.56 Å². The maximum absolute atomic E-state index is 13.9. The number of likely N-dealkylation sites (tertiary alicyclic amines) is 1. The van der Waals surface area contributed by atoms with Crippen molar-refractivity contribution in [3.63, 3.8) is 0 Å². The van der Waals surface area contributed by atoms with Crippen molar-refractivity contribution in [1.82, 2.24) is 20.1 Å². The van der Waals surface area contributed by atoms with Gasteiger partial charge in [-0.1, -0.05) is 20.3 Å². The van der Waals surface area contributed by atoms with E-state index in [4.69, 9.17) is 0 Å². The minimum atomic E-state index is -0.544. The number of rotatable bonds is 7. The number of urea groups is 1. The number of likely N-dealkylation sites (N-methyl/N-ethyl adjacent to an activating group) is 1. The molecule has 3 heterocycles. The lowest BCUT2D eigenvalue weighted by Crippen LogP contribution is -2.50. The number of piperidine rings is 1. The summed E-state index contributed by atoms with van der Waals surface area (Å²) in [4.78, 5) is 36.7. The van der Waals surface area contributed by atoms with Gasteiger partial charge in [0.15, 0.2) is 5.82 Å². The maximum atomic E-state index is 13.9. The lowest BCUT2D eigenvalue weighted by atomic mass is 10.0. The summed E-state index contributed by atoms with van der Waals surface area (Å²) < 4.78 is 13.9. The lowest BCUT2D eigenvalue weighted by molar-refractivity contribution is 0.102. The first-order valence-electron chi connectivity index (χ1n) is 12.1. The van der Waals surface area contributed by atoms with Crippen molar-refractivity contribution < 1.29 is 14.0 Å². The minimum absolute atomic E-state index is 0.0865. The van der Waals surface area contributed by atoms with Crippen molar-refractivity contribution in [2.75, 3.05) is 49.5 Å². The van der Waals surface area contributed by atoms with Crippen LogP contribution in [0.1, 0.15) is 43.5 Å². The molecule has 9 heteroatoms.